The summed E-state index contributed by atoms with van der Waals surface area (Å²) in [6.07, 6.45) is 1.37. The molecule has 0 fully saturated rings. The van der Waals surface area contributed by atoms with Crippen LogP contribution in [0.1, 0.15) is 16.7 Å². The lowest BCUT2D eigenvalue weighted by Gasteiger charge is -2.07. The summed E-state index contributed by atoms with van der Waals surface area (Å²) in [4.78, 5) is 9.09. The molecule has 0 aliphatic carbocycles. The summed E-state index contributed by atoms with van der Waals surface area (Å²) in [6.45, 7) is 3.74. The van der Waals surface area contributed by atoms with Gasteiger partial charge in [0.1, 0.15) is 16.2 Å². The number of anilines is 1. The zero-order valence-corrected chi connectivity index (χ0v) is 19.7. The lowest BCUT2D eigenvalue weighted by atomic mass is 10.1. The fourth-order valence-electron chi connectivity index (χ4n) is 3.75. The van der Waals surface area contributed by atoms with E-state index in [0.29, 0.717) is 16.6 Å². The average molecular weight is 488 g/mol. The third-order valence-electron chi connectivity index (χ3n) is 5.81. The van der Waals surface area contributed by atoms with Crippen molar-refractivity contribution in [1.82, 2.24) is 14.6 Å². The number of nitrogens with two attached hydrogens (primary N) is 1. The average Bonchev–Trinajstić information content (AvgIpc) is 3.10. The van der Waals surface area contributed by atoms with Gasteiger partial charge in [0.2, 0.25) is 9.84 Å². The van der Waals surface area contributed by atoms with Crippen LogP contribution in [0.2, 0.25) is 0 Å². The van der Waals surface area contributed by atoms with Crippen LogP contribution >= 0.6 is 0 Å². The maximum absolute atomic E-state index is 13.8. The SMILES string of the molecule is Cc1ccc(S(=O)(=O)c2c(N)n(/N=C/c3ccc(O)c(O)c3)c3nc4ccccc4nc23)cc1C. The molecule has 176 valence electrons. The number of nitrogen functional groups attached to an aromatic ring is 1. The van der Waals surface area contributed by atoms with Gasteiger partial charge in [0.25, 0.3) is 0 Å². The number of fused-ring (bicyclic) bond motifs is 2. The van der Waals surface area contributed by atoms with Crippen molar-refractivity contribution in [2.24, 2.45) is 5.10 Å². The zero-order chi connectivity index (χ0) is 24.9. The van der Waals surface area contributed by atoms with Gasteiger partial charge in [0.15, 0.2) is 17.1 Å². The van der Waals surface area contributed by atoms with E-state index in [-0.39, 0.29) is 38.3 Å². The second kappa shape index (κ2) is 8.10. The summed E-state index contributed by atoms with van der Waals surface area (Å²) in [5, 5.41) is 23.7. The number of rotatable bonds is 4. The molecule has 5 rings (SSSR count). The largest absolute Gasteiger partial charge is 0.504 e. The van der Waals surface area contributed by atoms with E-state index in [1.165, 1.54) is 35.2 Å². The van der Waals surface area contributed by atoms with Crippen LogP contribution < -0.4 is 5.73 Å². The number of phenols is 2. The first-order chi connectivity index (χ1) is 16.7. The third-order valence-corrected chi connectivity index (χ3v) is 7.62. The van der Waals surface area contributed by atoms with E-state index < -0.39 is 9.84 Å². The van der Waals surface area contributed by atoms with Gasteiger partial charge < -0.3 is 15.9 Å². The number of phenolic OH excluding ortho intramolecular Hbond substituents is 2. The Balaban J connectivity index is 1.78. The van der Waals surface area contributed by atoms with Crippen LogP contribution in [-0.4, -0.2) is 39.5 Å². The molecule has 9 nitrogen and oxygen atoms in total. The standard InChI is InChI=1S/C25H21N5O4S/c1-14-7-9-17(11-15(14)2)35(33,34)23-22-25(29-19-6-4-3-5-18(19)28-22)30(24(23)26)27-13-16-8-10-20(31)21(32)12-16/h3-13,31-32H,26H2,1-2H3/b27-13+. The van der Waals surface area contributed by atoms with Crippen LogP contribution in [-0.2, 0) is 9.84 Å². The predicted octanol–water partition coefficient (Wildman–Crippen LogP) is 3.91. The molecule has 0 saturated heterocycles. The fourth-order valence-corrected chi connectivity index (χ4v) is 5.32. The Morgan fingerprint density at radius 1 is 0.914 bits per heavy atom. The van der Waals surface area contributed by atoms with Crippen molar-refractivity contribution in [2.45, 2.75) is 23.6 Å². The van der Waals surface area contributed by atoms with E-state index in [9.17, 15) is 18.6 Å². The Labute approximate surface area is 200 Å². The summed E-state index contributed by atoms with van der Waals surface area (Å²) >= 11 is 0. The molecule has 0 aliphatic heterocycles. The van der Waals surface area contributed by atoms with Crippen LogP contribution in [0.25, 0.3) is 22.2 Å². The first kappa shape index (κ1) is 22.4. The van der Waals surface area contributed by atoms with Crippen molar-refractivity contribution in [1.29, 1.82) is 0 Å². The molecular formula is C25H21N5O4S. The summed E-state index contributed by atoms with van der Waals surface area (Å²) < 4.78 is 28.7. The number of aromatic hydroxyl groups is 2. The van der Waals surface area contributed by atoms with Gasteiger partial charge in [0, 0.05) is 0 Å². The Morgan fingerprint density at radius 2 is 1.63 bits per heavy atom. The van der Waals surface area contributed by atoms with Gasteiger partial charge in [-0.3, -0.25) is 0 Å². The first-order valence-corrected chi connectivity index (χ1v) is 12.1. The van der Waals surface area contributed by atoms with E-state index in [4.69, 9.17) is 5.73 Å². The number of nitrogens with zero attached hydrogens (tertiary/aromatic N) is 4. The molecule has 0 saturated carbocycles. The number of sulfone groups is 1. The predicted molar refractivity (Wildman–Crippen MR) is 134 cm³/mol. The second-order valence-corrected chi connectivity index (χ2v) is 10.0. The van der Waals surface area contributed by atoms with Gasteiger partial charge in [0.05, 0.1) is 22.1 Å². The van der Waals surface area contributed by atoms with Gasteiger partial charge >= 0.3 is 0 Å². The topological polar surface area (TPSA) is 144 Å². The Morgan fingerprint density at radius 3 is 2.31 bits per heavy atom. The maximum Gasteiger partial charge on any atom is 0.212 e. The van der Waals surface area contributed by atoms with Crippen molar-refractivity contribution in [3.05, 3.63) is 77.4 Å². The highest BCUT2D eigenvalue weighted by atomic mass is 32.2. The molecule has 3 aromatic carbocycles. The normalized spacial score (nSPS) is 12.2. The Hall–Kier alpha value is -4.44. The number of benzene rings is 3. The van der Waals surface area contributed by atoms with Crippen LogP contribution in [0.5, 0.6) is 11.5 Å². The number of hydrogen-bond acceptors (Lipinski definition) is 8. The van der Waals surface area contributed by atoms with Gasteiger partial charge in [-0.05, 0) is 73.0 Å². The molecule has 0 radical (unpaired) electrons. The van der Waals surface area contributed by atoms with Gasteiger partial charge in [-0.25, -0.2) is 18.4 Å². The van der Waals surface area contributed by atoms with Gasteiger partial charge in [-0.2, -0.15) is 9.78 Å². The smallest absolute Gasteiger partial charge is 0.212 e. The minimum atomic E-state index is -4.07. The van der Waals surface area contributed by atoms with Crippen molar-refractivity contribution in [2.75, 3.05) is 5.73 Å². The first-order valence-electron chi connectivity index (χ1n) is 10.6. The third kappa shape index (κ3) is 3.73. The van der Waals surface area contributed by atoms with E-state index in [1.54, 1.807) is 36.4 Å². The van der Waals surface area contributed by atoms with Crippen LogP contribution in [0, 0.1) is 13.8 Å². The van der Waals surface area contributed by atoms with Gasteiger partial charge in [-0.1, -0.05) is 18.2 Å². The van der Waals surface area contributed by atoms with Crippen LogP contribution in [0.3, 0.4) is 0 Å². The van der Waals surface area contributed by atoms with Crippen molar-refractivity contribution >= 4 is 44.1 Å². The van der Waals surface area contributed by atoms with Crippen molar-refractivity contribution in [3.8, 4) is 11.5 Å². The molecule has 10 heteroatoms. The number of aryl methyl sites for hydroxylation is 2. The van der Waals surface area contributed by atoms with Crippen LogP contribution in [0.4, 0.5) is 5.82 Å². The molecule has 2 heterocycles. The monoisotopic (exact) mass is 487 g/mol. The molecule has 35 heavy (non-hydrogen) atoms. The summed E-state index contributed by atoms with van der Waals surface area (Å²) in [5.74, 6) is -0.733. The summed E-state index contributed by atoms with van der Waals surface area (Å²) in [7, 11) is -4.07. The highest BCUT2D eigenvalue weighted by Gasteiger charge is 2.30. The highest BCUT2D eigenvalue weighted by Crippen LogP contribution is 2.35. The van der Waals surface area contributed by atoms with E-state index >= 15 is 0 Å². The van der Waals surface area contributed by atoms with Gasteiger partial charge in [-0.15, -0.1) is 0 Å². The fraction of sp³-hybridized carbons (Fsp3) is 0.0800. The number of hydrogen-bond donors (Lipinski definition) is 3. The lowest BCUT2D eigenvalue weighted by molar-refractivity contribution is 0.403. The molecule has 0 amide bonds. The summed E-state index contributed by atoms with van der Waals surface area (Å²) in [5.41, 5.74) is 9.97. The number of para-hydroxylation sites is 2. The Bertz CT molecular complexity index is 1770. The molecule has 5 aromatic rings. The molecule has 0 atom stereocenters. The minimum Gasteiger partial charge on any atom is -0.504 e. The molecule has 2 aromatic heterocycles. The molecule has 0 unspecified atom stereocenters. The molecule has 0 spiro atoms. The Kier molecular flexibility index (Phi) is 5.17. The number of aromatic nitrogens is 3. The van der Waals surface area contributed by atoms with E-state index in [0.717, 1.165) is 11.1 Å². The molecular weight excluding hydrogens is 466 g/mol. The second-order valence-electron chi connectivity index (χ2n) is 8.15. The zero-order valence-electron chi connectivity index (χ0n) is 18.8. The quantitative estimate of drug-likeness (QED) is 0.257. The lowest BCUT2D eigenvalue weighted by Crippen LogP contribution is -2.07. The van der Waals surface area contributed by atoms with Crippen LogP contribution in [0.15, 0.2) is 75.6 Å². The minimum absolute atomic E-state index is 0.0914. The highest BCUT2D eigenvalue weighted by molar-refractivity contribution is 7.92. The van der Waals surface area contributed by atoms with E-state index in [1.807, 2.05) is 13.8 Å². The molecule has 0 aliphatic rings. The summed E-state index contributed by atoms with van der Waals surface area (Å²) in [6, 6.07) is 16.1. The molecule has 0 bridgehead atoms. The van der Waals surface area contributed by atoms with Crippen molar-refractivity contribution < 1.29 is 18.6 Å². The van der Waals surface area contributed by atoms with Crippen molar-refractivity contribution in [3.63, 3.8) is 0 Å². The molecule has 4 N–H and O–H groups in total. The van der Waals surface area contributed by atoms with E-state index in [2.05, 4.69) is 15.1 Å². The maximum atomic E-state index is 13.8.